The molecule has 4 heteroatoms. The number of fused-ring (bicyclic) bond motifs is 1. The lowest BCUT2D eigenvalue weighted by Crippen LogP contribution is -2.47. The van der Waals surface area contributed by atoms with Gasteiger partial charge in [-0.3, -0.25) is 4.79 Å². The molecule has 2 aromatic rings. The van der Waals surface area contributed by atoms with E-state index in [0.29, 0.717) is 6.54 Å². The lowest BCUT2D eigenvalue weighted by atomic mass is 9.95. The molecule has 1 amide bonds. The maximum absolute atomic E-state index is 12.3. The number of carbonyl (C=O) groups excluding carboxylic acids is 1. The maximum Gasteiger partial charge on any atom is 0.237 e. The SMILES string of the molecule is COc1cccc(CNC(=O)[C@H]2Cc3ccccc3CN2)c1. The summed E-state index contributed by atoms with van der Waals surface area (Å²) in [4.78, 5) is 12.3. The average Bonchev–Trinajstić information content (AvgIpc) is 2.59. The van der Waals surface area contributed by atoms with Gasteiger partial charge in [-0.05, 0) is 35.2 Å². The van der Waals surface area contributed by atoms with Crippen molar-refractivity contribution in [1.82, 2.24) is 10.6 Å². The van der Waals surface area contributed by atoms with Crippen molar-refractivity contribution in [2.75, 3.05) is 7.11 Å². The molecule has 0 bridgehead atoms. The largest absolute Gasteiger partial charge is 0.497 e. The Morgan fingerprint density at radius 3 is 2.86 bits per heavy atom. The first-order valence-electron chi connectivity index (χ1n) is 7.47. The van der Waals surface area contributed by atoms with E-state index in [1.165, 1.54) is 11.1 Å². The Hall–Kier alpha value is -2.33. The predicted octanol–water partition coefficient (Wildman–Crippen LogP) is 2.03. The van der Waals surface area contributed by atoms with Crippen LogP contribution in [0.5, 0.6) is 5.75 Å². The molecule has 0 spiro atoms. The second-order valence-electron chi connectivity index (χ2n) is 5.48. The lowest BCUT2D eigenvalue weighted by Gasteiger charge is -2.25. The van der Waals surface area contributed by atoms with E-state index in [1.807, 2.05) is 36.4 Å². The third-order valence-electron chi connectivity index (χ3n) is 4.00. The molecule has 3 rings (SSSR count). The van der Waals surface area contributed by atoms with Crippen LogP contribution in [-0.4, -0.2) is 19.1 Å². The summed E-state index contributed by atoms with van der Waals surface area (Å²) in [6, 6.07) is 15.8. The fourth-order valence-corrected chi connectivity index (χ4v) is 2.73. The highest BCUT2D eigenvalue weighted by atomic mass is 16.5. The van der Waals surface area contributed by atoms with Crippen molar-refractivity contribution in [3.8, 4) is 5.75 Å². The average molecular weight is 296 g/mol. The first kappa shape index (κ1) is 14.6. The van der Waals surface area contributed by atoms with Gasteiger partial charge in [-0.25, -0.2) is 0 Å². The highest BCUT2D eigenvalue weighted by Crippen LogP contribution is 2.16. The topological polar surface area (TPSA) is 50.4 Å². The van der Waals surface area contributed by atoms with Gasteiger partial charge in [0.1, 0.15) is 5.75 Å². The second-order valence-corrected chi connectivity index (χ2v) is 5.48. The third-order valence-corrected chi connectivity index (χ3v) is 4.00. The van der Waals surface area contributed by atoms with Gasteiger partial charge < -0.3 is 15.4 Å². The van der Waals surface area contributed by atoms with Gasteiger partial charge in [-0.1, -0.05) is 36.4 Å². The summed E-state index contributed by atoms with van der Waals surface area (Å²) in [6.45, 7) is 1.25. The highest BCUT2D eigenvalue weighted by Gasteiger charge is 2.23. The number of benzene rings is 2. The van der Waals surface area contributed by atoms with Crippen molar-refractivity contribution in [2.24, 2.45) is 0 Å². The number of carbonyl (C=O) groups is 1. The molecule has 22 heavy (non-hydrogen) atoms. The van der Waals surface area contributed by atoms with Crippen LogP contribution in [0.1, 0.15) is 16.7 Å². The van der Waals surface area contributed by atoms with Gasteiger partial charge in [0, 0.05) is 13.1 Å². The van der Waals surface area contributed by atoms with Gasteiger partial charge in [0.05, 0.1) is 13.2 Å². The summed E-state index contributed by atoms with van der Waals surface area (Å²) >= 11 is 0. The normalized spacial score (nSPS) is 16.7. The van der Waals surface area contributed by atoms with Crippen molar-refractivity contribution >= 4 is 5.91 Å². The van der Waals surface area contributed by atoms with Crippen LogP contribution in [0.2, 0.25) is 0 Å². The molecule has 1 aliphatic heterocycles. The van der Waals surface area contributed by atoms with Crippen molar-refractivity contribution < 1.29 is 9.53 Å². The third kappa shape index (κ3) is 3.28. The van der Waals surface area contributed by atoms with Crippen molar-refractivity contribution in [3.63, 3.8) is 0 Å². The van der Waals surface area contributed by atoms with E-state index in [2.05, 4.69) is 22.8 Å². The van der Waals surface area contributed by atoms with Gasteiger partial charge in [-0.15, -0.1) is 0 Å². The van der Waals surface area contributed by atoms with Crippen molar-refractivity contribution in [3.05, 3.63) is 65.2 Å². The molecular formula is C18H20N2O2. The predicted molar refractivity (Wildman–Crippen MR) is 85.6 cm³/mol. The van der Waals surface area contributed by atoms with E-state index in [-0.39, 0.29) is 11.9 Å². The number of amides is 1. The van der Waals surface area contributed by atoms with E-state index in [0.717, 1.165) is 24.3 Å². The molecular weight excluding hydrogens is 276 g/mol. The Morgan fingerprint density at radius 1 is 1.23 bits per heavy atom. The lowest BCUT2D eigenvalue weighted by molar-refractivity contribution is -0.123. The number of rotatable bonds is 4. The summed E-state index contributed by atoms with van der Waals surface area (Å²) in [6.07, 6.45) is 0.736. The summed E-state index contributed by atoms with van der Waals surface area (Å²) < 4.78 is 5.19. The number of hydrogen-bond acceptors (Lipinski definition) is 3. The van der Waals surface area contributed by atoms with Crippen LogP contribution in [0.4, 0.5) is 0 Å². The Kier molecular flexibility index (Phi) is 4.39. The zero-order valence-corrected chi connectivity index (χ0v) is 12.6. The highest BCUT2D eigenvalue weighted by molar-refractivity contribution is 5.82. The standard InChI is InChI=1S/C18H20N2O2/c1-22-16-8-4-5-13(9-16)11-20-18(21)17-10-14-6-2-3-7-15(14)12-19-17/h2-9,17,19H,10-12H2,1H3,(H,20,21)/t17-/m1/s1. The first-order valence-corrected chi connectivity index (χ1v) is 7.47. The fourth-order valence-electron chi connectivity index (χ4n) is 2.73. The Bertz CT molecular complexity index is 670. The van der Waals surface area contributed by atoms with E-state index >= 15 is 0 Å². The summed E-state index contributed by atoms with van der Waals surface area (Å²) in [5, 5.41) is 6.29. The molecule has 1 heterocycles. The van der Waals surface area contributed by atoms with E-state index in [4.69, 9.17) is 4.74 Å². The Morgan fingerprint density at radius 2 is 2.05 bits per heavy atom. The number of hydrogen-bond donors (Lipinski definition) is 2. The van der Waals surface area contributed by atoms with Crippen molar-refractivity contribution in [2.45, 2.75) is 25.6 Å². The van der Waals surface area contributed by atoms with Gasteiger partial charge in [-0.2, -0.15) is 0 Å². The van der Waals surface area contributed by atoms with Gasteiger partial charge in [0.2, 0.25) is 5.91 Å². The fraction of sp³-hybridized carbons (Fsp3) is 0.278. The van der Waals surface area contributed by atoms with Crippen LogP contribution in [0.15, 0.2) is 48.5 Å². The number of nitrogens with one attached hydrogen (secondary N) is 2. The van der Waals surface area contributed by atoms with Crippen molar-refractivity contribution in [1.29, 1.82) is 0 Å². The zero-order valence-electron chi connectivity index (χ0n) is 12.6. The van der Waals surface area contributed by atoms with Crippen LogP contribution in [-0.2, 0) is 24.3 Å². The van der Waals surface area contributed by atoms with Gasteiger partial charge in [0.25, 0.3) is 0 Å². The maximum atomic E-state index is 12.3. The van der Waals surface area contributed by atoms with Crippen LogP contribution in [0.25, 0.3) is 0 Å². The van der Waals surface area contributed by atoms with Crippen LogP contribution >= 0.6 is 0 Å². The first-order chi connectivity index (χ1) is 10.8. The summed E-state index contributed by atoms with van der Waals surface area (Å²) in [5.41, 5.74) is 3.56. The number of ether oxygens (including phenoxy) is 1. The minimum Gasteiger partial charge on any atom is -0.497 e. The zero-order chi connectivity index (χ0) is 15.4. The second kappa shape index (κ2) is 6.62. The monoisotopic (exact) mass is 296 g/mol. The quantitative estimate of drug-likeness (QED) is 0.907. The molecule has 0 saturated carbocycles. The van der Waals surface area contributed by atoms with Crippen LogP contribution in [0.3, 0.4) is 0 Å². The summed E-state index contributed by atoms with van der Waals surface area (Å²) in [7, 11) is 1.64. The molecule has 2 N–H and O–H groups in total. The van der Waals surface area contributed by atoms with Crippen LogP contribution in [0, 0.1) is 0 Å². The molecule has 114 valence electrons. The molecule has 0 radical (unpaired) electrons. The molecule has 4 nitrogen and oxygen atoms in total. The van der Waals surface area contributed by atoms with E-state index in [9.17, 15) is 4.79 Å². The minimum atomic E-state index is -0.166. The molecule has 0 fully saturated rings. The molecule has 1 aliphatic rings. The molecule has 0 saturated heterocycles. The molecule has 2 aromatic carbocycles. The Balaban J connectivity index is 1.59. The minimum absolute atomic E-state index is 0.0392. The molecule has 1 atom stereocenters. The van der Waals surface area contributed by atoms with E-state index in [1.54, 1.807) is 7.11 Å². The van der Waals surface area contributed by atoms with E-state index < -0.39 is 0 Å². The van der Waals surface area contributed by atoms with Crippen LogP contribution < -0.4 is 15.4 Å². The number of methoxy groups -OCH3 is 1. The van der Waals surface area contributed by atoms with Gasteiger partial charge >= 0.3 is 0 Å². The van der Waals surface area contributed by atoms with Gasteiger partial charge in [0.15, 0.2) is 0 Å². The smallest absolute Gasteiger partial charge is 0.237 e. The molecule has 0 unspecified atom stereocenters. The molecule has 0 aromatic heterocycles. The molecule has 0 aliphatic carbocycles. The Labute approximate surface area is 130 Å². The summed E-state index contributed by atoms with van der Waals surface area (Å²) in [5.74, 6) is 0.841.